The summed E-state index contributed by atoms with van der Waals surface area (Å²) in [5.41, 5.74) is 1.40. The zero-order valence-electron chi connectivity index (χ0n) is 13.0. The monoisotopic (exact) mass is 314 g/mol. The van der Waals surface area contributed by atoms with Crippen LogP contribution in [0.15, 0.2) is 36.5 Å². The van der Waals surface area contributed by atoms with Crippen molar-refractivity contribution in [2.24, 2.45) is 0 Å². The second-order valence-corrected chi connectivity index (χ2v) is 5.31. The molecule has 0 spiro atoms. The van der Waals surface area contributed by atoms with Gasteiger partial charge in [-0.05, 0) is 30.3 Å². The molecule has 0 radical (unpaired) electrons. The van der Waals surface area contributed by atoms with Crippen LogP contribution >= 0.6 is 0 Å². The molecule has 2 aromatic rings. The molecule has 0 unspecified atom stereocenters. The maximum absolute atomic E-state index is 12.7. The first kappa shape index (κ1) is 15.1. The van der Waals surface area contributed by atoms with Gasteiger partial charge in [0.25, 0.3) is 5.91 Å². The molecular formula is C16H18N4O3. The van der Waals surface area contributed by atoms with Gasteiger partial charge in [-0.15, -0.1) is 0 Å². The number of ether oxygens (including phenoxy) is 1. The number of likely N-dealkylation sites (N-methyl/N-ethyl adjacent to an activating group) is 1. The van der Waals surface area contributed by atoms with Gasteiger partial charge in [-0.2, -0.15) is 5.10 Å². The third-order valence-electron chi connectivity index (χ3n) is 3.97. The van der Waals surface area contributed by atoms with E-state index in [0.29, 0.717) is 24.4 Å². The lowest BCUT2D eigenvalue weighted by Crippen LogP contribution is -2.46. The maximum atomic E-state index is 12.7. The molecule has 1 N–H and O–H groups in total. The van der Waals surface area contributed by atoms with E-state index in [2.05, 4.69) is 10.4 Å². The second kappa shape index (κ2) is 6.12. The number of aromatic nitrogens is 2. The summed E-state index contributed by atoms with van der Waals surface area (Å²) in [6.45, 7) is 0.720. The van der Waals surface area contributed by atoms with Crippen LogP contribution in [0.3, 0.4) is 0 Å². The number of rotatable bonds is 3. The van der Waals surface area contributed by atoms with Crippen molar-refractivity contribution in [3.63, 3.8) is 0 Å². The molecule has 1 aliphatic rings. The topological polar surface area (TPSA) is 76.5 Å². The van der Waals surface area contributed by atoms with Crippen molar-refractivity contribution < 1.29 is 14.3 Å². The SMILES string of the molecule is CNC(=O)[C@@H]1CN(C(=O)c2ccc(OC)cc2)Cc2ccnn21. The summed E-state index contributed by atoms with van der Waals surface area (Å²) < 4.78 is 6.78. The Morgan fingerprint density at radius 1 is 1.26 bits per heavy atom. The van der Waals surface area contributed by atoms with Crippen LogP contribution in [0.1, 0.15) is 22.1 Å². The molecule has 23 heavy (non-hydrogen) atoms. The smallest absolute Gasteiger partial charge is 0.254 e. The highest BCUT2D eigenvalue weighted by Gasteiger charge is 2.32. The fourth-order valence-corrected chi connectivity index (χ4v) is 2.73. The minimum Gasteiger partial charge on any atom is -0.497 e. The Balaban J connectivity index is 1.85. The highest BCUT2D eigenvalue weighted by Crippen LogP contribution is 2.23. The van der Waals surface area contributed by atoms with Crippen molar-refractivity contribution in [3.8, 4) is 5.75 Å². The quantitative estimate of drug-likeness (QED) is 0.910. The van der Waals surface area contributed by atoms with E-state index in [0.717, 1.165) is 5.69 Å². The molecular weight excluding hydrogens is 296 g/mol. The van der Waals surface area contributed by atoms with Crippen molar-refractivity contribution in [2.75, 3.05) is 20.7 Å². The number of hydrogen-bond acceptors (Lipinski definition) is 4. The van der Waals surface area contributed by atoms with Crippen LogP contribution in [0.4, 0.5) is 0 Å². The molecule has 0 saturated heterocycles. The predicted molar refractivity (Wildman–Crippen MR) is 83.1 cm³/mol. The van der Waals surface area contributed by atoms with Crippen LogP contribution in [0.25, 0.3) is 0 Å². The van der Waals surface area contributed by atoms with Crippen LogP contribution in [0.5, 0.6) is 5.75 Å². The summed E-state index contributed by atoms with van der Waals surface area (Å²) in [5.74, 6) is 0.415. The maximum Gasteiger partial charge on any atom is 0.254 e. The first-order chi connectivity index (χ1) is 11.1. The van der Waals surface area contributed by atoms with E-state index in [1.807, 2.05) is 6.07 Å². The number of amides is 2. The van der Waals surface area contributed by atoms with Crippen molar-refractivity contribution >= 4 is 11.8 Å². The Kier molecular flexibility index (Phi) is 4.01. The van der Waals surface area contributed by atoms with Gasteiger partial charge in [0.15, 0.2) is 0 Å². The summed E-state index contributed by atoms with van der Waals surface area (Å²) in [5, 5.41) is 6.82. The normalized spacial score (nSPS) is 16.6. The molecule has 2 amide bonds. The Labute approximate surface area is 133 Å². The number of nitrogens with one attached hydrogen (secondary N) is 1. The van der Waals surface area contributed by atoms with Gasteiger partial charge in [0, 0.05) is 18.8 Å². The molecule has 0 saturated carbocycles. The Bertz CT molecular complexity index is 723. The van der Waals surface area contributed by atoms with Crippen molar-refractivity contribution in [1.29, 1.82) is 0 Å². The van der Waals surface area contributed by atoms with E-state index < -0.39 is 6.04 Å². The van der Waals surface area contributed by atoms with E-state index in [-0.39, 0.29) is 11.8 Å². The predicted octanol–water partition coefficient (Wildman–Crippen LogP) is 0.835. The number of nitrogens with zero attached hydrogens (tertiary/aromatic N) is 3. The zero-order valence-corrected chi connectivity index (χ0v) is 13.0. The Morgan fingerprint density at radius 2 is 2.00 bits per heavy atom. The molecule has 7 heteroatoms. The summed E-state index contributed by atoms with van der Waals surface area (Å²) >= 11 is 0. The Hall–Kier alpha value is -2.83. The van der Waals surface area contributed by atoms with Gasteiger partial charge in [0.2, 0.25) is 5.91 Å². The average Bonchev–Trinajstić information content (AvgIpc) is 3.08. The fourth-order valence-electron chi connectivity index (χ4n) is 2.73. The number of carbonyl (C=O) groups is 2. The second-order valence-electron chi connectivity index (χ2n) is 5.31. The highest BCUT2D eigenvalue weighted by molar-refractivity contribution is 5.95. The standard InChI is InChI=1S/C16H18N4O3/c1-17-15(21)14-10-19(9-12-7-8-18-20(12)14)16(22)11-3-5-13(23-2)6-4-11/h3-8,14H,9-10H2,1-2H3,(H,17,21)/t14-/m0/s1. The van der Waals surface area contributed by atoms with Gasteiger partial charge < -0.3 is 15.0 Å². The Morgan fingerprint density at radius 3 is 2.65 bits per heavy atom. The molecule has 0 fully saturated rings. The van der Waals surface area contributed by atoms with Crippen LogP contribution in [0, 0.1) is 0 Å². The fraction of sp³-hybridized carbons (Fsp3) is 0.312. The van der Waals surface area contributed by atoms with Gasteiger partial charge in [-0.3, -0.25) is 14.3 Å². The van der Waals surface area contributed by atoms with Gasteiger partial charge in [0.1, 0.15) is 11.8 Å². The minimum absolute atomic E-state index is 0.117. The third-order valence-corrected chi connectivity index (χ3v) is 3.97. The zero-order chi connectivity index (χ0) is 16.4. The van der Waals surface area contributed by atoms with E-state index in [9.17, 15) is 9.59 Å². The van der Waals surface area contributed by atoms with Gasteiger partial charge in [-0.1, -0.05) is 0 Å². The summed E-state index contributed by atoms with van der Waals surface area (Å²) in [7, 11) is 3.16. The molecule has 0 aliphatic carbocycles. The summed E-state index contributed by atoms with van der Waals surface area (Å²) in [4.78, 5) is 26.5. The number of methoxy groups -OCH3 is 1. The van der Waals surface area contributed by atoms with Crippen molar-refractivity contribution in [3.05, 3.63) is 47.8 Å². The summed E-state index contributed by atoms with van der Waals surface area (Å²) in [6, 6.07) is 8.25. The largest absolute Gasteiger partial charge is 0.497 e. The lowest BCUT2D eigenvalue weighted by molar-refractivity contribution is -0.125. The first-order valence-corrected chi connectivity index (χ1v) is 7.31. The minimum atomic E-state index is -0.513. The highest BCUT2D eigenvalue weighted by atomic mass is 16.5. The lowest BCUT2D eigenvalue weighted by Gasteiger charge is -2.33. The lowest BCUT2D eigenvalue weighted by atomic mass is 10.1. The van der Waals surface area contributed by atoms with E-state index in [1.165, 1.54) is 0 Å². The molecule has 1 atom stereocenters. The average molecular weight is 314 g/mol. The van der Waals surface area contributed by atoms with Crippen LogP contribution in [-0.4, -0.2) is 47.2 Å². The van der Waals surface area contributed by atoms with Crippen molar-refractivity contribution in [1.82, 2.24) is 20.0 Å². The molecule has 0 bridgehead atoms. The molecule has 120 valence electrons. The number of fused-ring (bicyclic) bond motifs is 1. The third kappa shape index (κ3) is 2.77. The van der Waals surface area contributed by atoms with E-state index in [1.54, 1.807) is 54.2 Å². The number of benzene rings is 1. The van der Waals surface area contributed by atoms with Crippen LogP contribution in [0.2, 0.25) is 0 Å². The van der Waals surface area contributed by atoms with E-state index in [4.69, 9.17) is 4.74 Å². The number of hydrogen-bond donors (Lipinski definition) is 1. The van der Waals surface area contributed by atoms with Gasteiger partial charge in [0.05, 0.1) is 25.9 Å². The van der Waals surface area contributed by atoms with Gasteiger partial charge in [-0.25, -0.2) is 0 Å². The summed E-state index contributed by atoms with van der Waals surface area (Å²) in [6.07, 6.45) is 1.65. The number of carbonyl (C=O) groups excluding carboxylic acids is 2. The molecule has 2 heterocycles. The van der Waals surface area contributed by atoms with E-state index >= 15 is 0 Å². The molecule has 3 rings (SSSR count). The molecule has 1 aromatic heterocycles. The van der Waals surface area contributed by atoms with Crippen molar-refractivity contribution in [2.45, 2.75) is 12.6 Å². The van der Waals surface area contributed by atoms with Crippen LogP contribution < -0.4 is 10.1 Å². The molecule has 7 nitrogen and oxygen atoms in total. The molecule has 1 aliphatic heterocycles. The van der Waals surface area contributed by atoms with Crippen LogP contribution in [-0.2, 0) is 11.3 Å². The van der Waals surface area contributed by atoms with Gasteiger partial charge >= 0.3 is 0 Å². The first-order valence-electron chi connectivity index (χ1n) is 7.31. The molecule has 1 aromatic carbocycles.